The maximum absolute atomic E-state index is 13.2. The molecule has 1 saturated carbocycles. The zero-order chi connectivity index (χ0) is 25.0. The van der Waals surface area contributed by atoms with Crippen molar-refractivity contribution in [1.82, 2.24) is 4.98 Å². The molecule has 8 nitrogen and oxygen atoms in total. The van der Waals surface area contributed by atoms with Crippen LogP contribution in [0.4, 0.5) is 10.8 Å². The maximum Gasteiger partial charge on any atom is 0.265 e. The second-order valence-corrected chi connectivity index (χ2v) is 11.4. The summed E-state index contributed by atoms with van der Waals surface area (Å²) in [5, 5.41) is 13.1. The molecule has 0 spiro atoms. The van der Waals surface area contributed by atoms with Gasteiger partial charge in [-0.25, -0.2) is 13.4 Å². The van der Waals surface area contributed by atoms with Crippen molar-refractivity contribution in [3.63, 3.8) is 0 Å². The molecule has 10 heteroatoms. The maximum atomic E-state index is 13.2. The highest BCUT2D eigenvalue weighted by Gasteiger charge is 2.23. The summed E-state index contributed by atoms with van der Waals surface area (Å²) in [6.45, 7) is 1.83. The average Bonchev–Trinajstić information content (AvgIpc) is 3.18. The van der Waals surface area contributed by atoms with E-state index in [1.807, 2.05) is 6.92 Å². The van der Waals surface area contributed by atoms with Crippen LogP contribution in [0.1, 0.15) is 44.2 Å². The Balaban J connectivity index is 1.57. The van der Waals surface area contributed by atoms with Gasteiger partial charge >= 0.3 is 0 Å². The number of thiazole rings is 1. The van der Waals surface area contributed by atoms with E-state index in [9.17, 15) is 18.3 Å². The number of hydrogen-bond acceptors (Lipinski definition) is 7. The SMILES string of the molecule is COc1ccc(-c2sc(NC(=O)CC3CCCCC3)nc2C)cc1S(=O)(=O)Nc1cccc(O)c1. The zero-order valence-electron chi connectivity index (χ0n) is 19.7. The molecular weight excluding hydrogens is 486 g/mol. The van der Waals surface area contributed by atoms with Crippen LogP contribution in [-0.4, -0.2) is 31.5 Å². The van der Waals surface area contributed by atoms with Gasteiger partial charge in [-0.1, -0.05) is 36.7 Å². The Morgan fingerprint density at radius 2 is 1.94 bits per heavy atom. The van der Waals surface area contributed by atoms with E-state index in [1.165, 1.54) is 55.9 Å². The number of amides is 1. The zero-order valence-corrected chi connectivity index (χ0v) is 21.3. The third kappa shape index (κ3) is 6.12. The van der Waals surface area contributed by atoms with Crippen molar-refractivity contribution in [2.75, 3.05) is 17.1 Å². The number of carbonyl (C=O) groups is 1. The van der Waals surface area contributed by atoms with Crippen LogP contribution in [0.2, 0.25) is 0 Å². The van der Waals surface area contributed by atoms with Gasteiger partial charge in [-0.3, -0.25) is 9.52 Å². The largest absolute Gasteiger partial charge is 0.508 e. The van der Waals surface area contributed by atoms with Gasteiger partial charge in [0, 0.05) is 12.5 Å². The van der Waals surface area contributed by atoms with Gasteiger partial charge in [0.1, 0.15) is 16.4 Å². The fourth-order valence-corrected chi connectivity index (χ4v) is 6.57. The lowest BCUT2D eigenvalue weighted by molar-refractivity contribution is -0.117. The Morgan fingerprint density at radius 3 is 2.66 bits per heavy atom. The monoisotopic (exact) mass is 515 g/mol. The molecule has 2 aromatic carbocycles. The van der Waals surface area contributed by atoms with E-state index in [1.54, 1.807) is 24.3 Å². The molecular formula is C25H29N3O5S2. The number of phenolic OH excluding ortho intramolecular Hbond substituents is 1. The van der Waals surface area contributed by atoms with Crippen LogP contribution in [0.15, 0.2) is 47.4 Å². The number of nitrogens with zero attached hydrogens (tertiary/aromatic N) is 1. The Hall–Kier alpha value is -3.11. The number of aromatic hydroxyl groups is 1. The second kappa shape index (κ2) is 10.7. The summed E-state index contributed by atoms with van der Waals surface area (Å²) in [6, 6.07) is 10.8. The minimum absolute atomic E-state index is 0.0366. The summed E-state index contributed by atoms with van der Waals surface area (Å²) in [4.78, 5) is 17.7. The van der Waals surface area contributed by atoms with Crippen molar-refractivity contribution in [2.45, 2.75) is 50.3 Å². The first kappa shape index (κ1) is 25.0. The molecule has 1 aromatic heterocycles. The molecule has 1 fully saturated rings. The molecule has 3 aromatic rings. The first-order chi connectivity index (χ1) is 16.7. The molecule has 3 N–H and O–H groups in total. The molecule has 1 aliphatic rings. The van der Waals surface area contributed by atoms with Crippen LogP contribution in [0.5, 0.6) is 11.5 Å². The number of phenols is 1. The number of rotatable bonds is 8. The topological polar surface area (TPSA) is 118 Å². The van der Waals surface area contributed by atoms with Gasteiger partial charge in [0.15, 0.2) is 5.13 Å². The smallest absolute Gasteiger partial charge is 0.265 e. The van der Waals surface area contributed by atoms with E-state index >= 15 is 0 Å². The van der Waals surface area contributed by atoms with Crippen LogP contribution in [0.3, 0.4) is 0 Å². The van der Waals surface area contributed by atoms with Crippen molar-refractivity contribution in [1.29, 1.82) is 0 Å². The highest BCUT2D eigenvalue weighted by molar-refractivity contribution is 7.92. The Kier molecular flexibility index (Phi) is 7.61. The fraction of sp³-hybridized carbons (Fsp3) is 0.360. The van der Waals surface area contributed by atoms with Crippen LogP contribution in [0.25, 0.3) is 10.4 Å². The Labute approximate surface area is 209 Å². The third-order valence-electron chi connectivity index (χ3n) is 6.06. The minimum atomic E-state index is -4.02. The molecule has 0 atom stereocenters. The van der Waals surface area contributed by atoms with E-state index in [-0.39, 0.29) is 28.0 Å². The molecule has 0 unspecified atom stereocenters. The first-order valence-corrected chi connectivity index (χ1v) is 13.8. The van der Waals surface area contributed by atoms with Crippen molar-refractivity contribution in [3.05, 3.63) is 48.2 Å². The lowest BCUT2D eigenvalue weighted by Crippen LogP contribution is -2.18. The Bertz CT molecular complexity index is 1310. The normalized spacial score (nSPS) is 14.5. The summed E-state index contributed by atoms with van der Waals surface area (Å²) in [7, 11) is -2.61. The van der Waals surface area contributed by atoms with E-state index in [2.05, 4.69) is 15.0 Å². The van der Waals surface area contributed by atoms with Gasteiger partial charge < -0.3 is 15.2 Å². The first-order valence-electron chi connectivity index (χ1n) is 11.5. The van der Waals surface area contributed by atoms with Crippen molar-refractivity contribution in [2.24, 2.45) is 5.92 Å². The van der Waals surface area contributed by atoms with E-state index in [4.69, 9.17) is 4.74 Å². The van der Waals surface area contributed by atoms with Gasteiger partial charge in [-0.2, -0.15) is 0 Å². The number of nitrogens with one attached hydrogen (secondary N) is 2. The minimum Gasteiger partial charge on any atom is -0.508 e. The van der Waals surface area contributed by atoms with Crippen LogP contribution >= 0.6 is 11.3 Å². The molecule has 35 heavy (non-hydrogen) atoms. The third-order valence-corrected chi connectivity index (χ3v) is 8.58. The van der Waals surface area contributed by atoms with Crippen LogP contribution in [-0.2, 0) is 14.8 Å². The summed E-state index contributed by atoms with van der Waals surface area (Å²) in [5.74, 6) is 0.525. The number of aromatic nitrogens is 1. The van der Waals surface area contributed by atoms with Crippen LogP contribution in [0, 0.1) is 12.8 Å². The molecule has 0 aliphatic heterocycles. The molecule has 0 saturated heterocycles. The number of sulfonamides is 1. The molecule has 1 aliphatic carbocycles. The van der Waals surface area contributed by atoms with Crippen molar-refractivity contribution >= 4 is 38.1 Å². The molecule has 186 valence electrons. The van der Waals surface area contributed by atoms with Crippen LogP contribution < -0.4 is 14.8 Å². The lowest BCUT2D eigenvalue weighted by Gasteiger charge is -2.20. The summed E-state index contributed by atoms with van der Waals surface area (Å²) < 4.78 is 34.1. The summed E-state index contributed by atoms with van der Waals surface area (Å²) >= 11 is 1.31. The molecule has 1 amide bonds. The number of benzene rings is 2. The van der Waals surface area contributed by atoms with Crippen molar-refractivity contribution < 1.29 is 23.1 Å². The quantitative estimate of drug-likeness (QED) is 0.362. The second-order valence-electron chi connectivity index (χ2n) is 8.71. The highest BCUT2D eigenvalue weighted by atomic mass is 32.2. The number of anilines is 2. The van der Waals surface area contributed by atoms with Gasteiger partial charge in [0.25, 0.3) is 10.0 Å². The van der Waals surface area contributed by atoms with Gasteiger partial charge in [0.05, 0.1) is 23.4 Å². The molecule has 0 bridgehead atoms. The number of aryl methyl sites for hydroxylation is 1. The van der Waals surface area contributed by atoms with Gasteiger partial charge in [-0.15, -0.1) is 0 Å². The fourth-order valence-electron chi connectivity index (χ4n) is 4.35. The van der Waals surface area contributed by atoms with E-state index in [0.717, 1.165) is 17.7 Å². The van der Waals surface area contributed by atoms with E-state index in [0.29, 0.717) is 28.7 Å². The number of hydrogen-bond donors (Lipinski definition) is 3. The summed E-state index contributed by atoms with van der Waals surface area (Å²) in [6.07, 6.45) is 6.29. The Morgan fingerprint density at radius 1 is 1.17 bits per heavy atom. The lowest BCUT2D eigenvalue weighted by atomic mass is 9.87. The molecule has 0 radical (unpaired) electrons. The van der Waals surface area contributed by atoms with Crippen molar-refractivity contribution in [3.8, 4) is 21.9 Å². The summed E-state index contributed by atoms with van der Waals surface area (Å²) in [5.41, 5.74) is 1.57. The predicted molar refractivity (Wildman–Crippen MR) is 138 cm³/mol. The molecule has 4 rings (SSSR count). The highest BCUT2D eigenvalue weighted by Crippen LogP contribution is 2.37. The number of methoxy groups -OCH3 is 1. The standard InChI is InChI=1S/C25H29N3O5S2/c1-16-24(34-25(26-16)27-23(30)13-17-7-4-3-5-8-17)18-11-12-21(33-2)22(14-18)35(31,32)28-19-9-6-10-20(29)15-19/h6,9-12,14-15,17,28-29H,3-5,7-8,13H2,1-2H3,(H,26,27,30). The average molecular weight is 516 g/mol. The number of carbonyl (C=O) groups excluding carboxylic acids is 1. The predicted octanol–water partition coefficient (Wildman–Crippen LogP) is 5.54. The van der Waals surface area contributed by atoms with Gasteiger partial charge in [0.2, 0.25) is 5.91 Å². The van der Waals surface area contributed by atoms with Gasteiger partial charge in [-0.05, 0) is 61.6 Å². The van der Waals surface area contributed by atoms with E-state index < -0.39 is 10.0 Å². The number of ether oxygens (including phenoxy) is 1. The molecule has 1 heterocycles.